The van der Waals surface area contributed by atoms with Crippen LogP contribution in [0, 0.1) is 12.3 Å². The van der Waals surface area contributed by atoms with Crippen LogP contribution in [0.4, 0.5) is 0 Å². The van der Waals surface area contributed by atoms with Crippen molar-refractivity contribution >= 4 is 22.3 Å². The monoisotopic (exact) mass is 324 g/mol. The van der Waals surface area contributed by atoms with Gasteiger partial charge in [0.25, 0.3) is 0 Å². The SMILES string of the molecule is Cc1nn2c(CNCCC(C)(C)C(=O)O)c(C(C)C)nc2s1. The summed E-state index contributed by atoms with van der Waals surface area (Å²) in [6.07, 6.45) is 0.581. The zero-order chi connectivity index (χ0) is 16.5. The van der Waals surface area contributed by atoms with Crippen molar-refractivity contribution in [2.24, 2.45) is 5.41 Å². The molecule has 0 aliphatic heterocycles. The molecule has 0 radical (unpaired) electrons. The van der Waals surface area contributed by atoms with E-state index < -0.39 is 11.4 Å². The number of fused-ring (bicyclic) bond motifs is 1. The molecule has 0 bridgehead atoms. The van der Waals surface area contributed by atoms with Crippen LogP contribution in [0.3, 0.4) is 0 Å². The lowest BCUT2D eigenvalue weighted by molar-refractivity contribution is -0.147. The molecule has 0 saturated carbocycles. The minimum Gasteiger partial charge on any atom is -0.481 e. The number of nitrogens with one attached hydrogen (secondary N) is 1. The Kier molecular flexibility index (Phi) is 4.87. The number of imidazole rings is 1. The highest BCUT2D eigenvalue weighted by Crippen LogP contribution is 2.24. The molecule has 0 aliphatic carbocycles. The van der Waals surface area contributed by atoms with Crippen LogP contribution >= 0.6 is 11.3 Å². The van der Waals surface area contributed by atoms with Crippen LogP contribution in [-0.4, -0.2) is 32.2 Å². The number of aromatic nitrogens is 3. The Morgan fingerprint density at radius 1 is 1.45 bits per heavy atom. The summed E-state index contributed by atoms with van der Waals surface area (Å²) in [5, 5.41) is 18.0. The lowest BCUT2D eigenvalue weighted by atomic mass is 9.90. The van der Waals surface area contributed by atoms with Gasteiger partial charge in [0.15, 0.2) is 0 Å². The van der Waals surface area contributed by atoms with Crippen LogP contribution in [0.25, 0.3) is 4.96 Å². The summed E-state index contributed by atoms with van der Waals surface area (Å²) in [4.78, 5) is 16.7. The average Bonchev–Trinajstić information content (AvgIpc) is 2.91. The van der Waals surface area contributed by atoms with E-state index in [0.29, 0.717) is 25.4 Å². The molecule has 0 aliphatic rings. The van der Waals surface area contributed by atoms with Crippen LogP contribution in [-0.2, 0) is 11.3 Å². The van der Waals surface area contributed by atoms with E-state index in [0.717, 1.165) is 21.4 Å². The van der Waals surface area contributed by atoms with E-state index in [9.17, 15) is 4.79 Å². The molecule has 2 aromatic rings. The molecule has 2 N–H and O–H groups in total. The van der Waals surface area contributed by atoms with Gasteiger partial charge in [0.1, 0.15) is 5.01 Å². The molecule has 7 heteroatoms. The van der Waals surface area contributed by atoms with E-state index in [-0.39, 0.29) is 0 Å². The van der Waals surface area contributed by atoms with Crippen LogP contribution < -0.4 is 5.32 Å². The largest absolute Gasteiger partial charge is 0.481 e. The Labute approximate surface area is 134 Å². The van der Waals surface area contributed by atoms with Crippen LogP contribution in [0.5, 0.6) is 0 Å². The molecule has 0 atom stereocenters. The van der Waals surface area contributed by atoms with Gasteiger partial charge in [-0.1, -0.05) is 25.2 Å². The van der Waals surface area contributed by atoms with Crippen LogP contribution in [0.2, 0.25) is 0 Å². The second kappa shape index (κ2) is 6.34. The highest BCUT2D eigenvalue weighted by atomic mass is 32.1. The standard InChI is InChI=1S/C15H24N4O2S/c1-9(2)12-11(19-14(17-12)22-10(3)18-19)8-16-7-6-15(4,5)13(20)21/h9,16H,6-8H2,1-5H3,(H,20,21). The van der Waals surface area contributed by atoms with E-state index in [1.165, 1.54) is 0 Å². The first-order valence-electron chi connectivity index (χ1n) is 7.51. The number of hydrogen-bond acceptors (Lipinski definition) is 5. The van der Waals surface area contributed by atoms with E-state index in [1.807, 2.05) is 11.4 Å². The summed E-state index contributed by atoms with van der Waals surface area (Å²) >= 11 is 1.59. The number of nitrogens with zero attached hydrogens (tertiary/aromatic N) is 3. The lowest BCUT2D eigenvalue weighted by Gasteiger charge is -2.19. The van der Waals surface area contributed by atoms with Crippen molar-refractivity contribution in [1.82, 2.24) is 19.9 Å². The fraction of sp³-hybridized carbons (Fsp3) is 0.667. The summed E-state index contributed by atoms with van der Waals surface area (Å²) in [5.41, 5.74) is 1.42. The summed E-state index contributed by atoms with van der Waals surface area (Å²) in [6.45, 7) is 11.0. The van der Waals surface area contributed by atoms with Crippen molar-refractivity contribution in [1.29, 1.82) is 0 Å². The number of carboxylic acid groups (broad SMARTS) is 1. The summed E-state index contributed by atoms with van der Waals surface area (Å²) in [5.74, 6) is -0.430. The maximum absolute atomic E-state index is 11.1. The predicted molar refractivity (Wildman–Crippen MR) is 87.4 cm³/mol. The zero-order valence-electron chi connectivity index (χ0n) is 13.8. The first-order valence-corrected chi connectivity index (χ1v) is 8.33. The van der Waals surface area contributed by atoms with Gasteiger partial charge in [-0.15, -0.1) is 0 Å². The molecular formula is C15H24N4O2S. The Hall–Kier alpha value is -1.47. The second-order valence-electron chi connectivity index (χ2n) is 6.53. The van der Waals surface area contributed by atoms with Gasteiger partial charge in [0.05, 0.1) is 16.8 Å². The van der Waals surface area contributed by atoms with Crippen molar-refractivity contribution < 1.29 is 9.90 Å². The minimum atomic E-state index is -0.765. The Balaban J connectivity index is 2.07. The number of hydrogen-bond donors (Lipinski definition) is 2. The van der Waals surface area contributed by atoms with Crippen molar-refractivity contribution in [2.75, 3.05) is 6.54 Å². The molecule has 0 saturated heterocycles. The molecular weight excluding hydrogens is 300 g/mol. The van der Waals surface area contributed by atoms with Gasteiger partial charge in [-0.25, -0.2) is 9.50 Å². The molecule has 0 spiro atoms. The van der Waals surface area contributed by atoms with Gasteiger partial charge >= 0.3 is 5.97 Å². The van der Waals surface area contributed by atoms with Gasteiger partial charge in [-0.3, -0.25) is 4.79 Å². The quantitative estimate of drug-likeness (QED) is 0.766. The smallest absolute Gasteiger partial charge is 0.309 e. The normalized spacial score (nSPS) is 12.5. The maximum Gasteiger partial charge on any atom is 0.309 e. The number of carboxylic acids is 1. The van der Waals surface area contributed by atoms with Crippen molar-refractivity contribution in [2.45, 2.75) is 53.5 Å². The Morgan fingerprint density at radius 3 is 2.73 bits per heavy atom. The highest BCUT2D eigenvalue weighted by molar-refractivity contribution is 7.16. The molecule has 0 unspecified atom stereocenters. The number of carbonyl (C=O) groups is 1. The summed E-state index contributed by atoms with van der Waals surface area (Å²) in [6, 6.07) is 0. The van der Waals surface area contributed by atoms with Gasteiger partial charge in [0.2, 0.25) is 4.96 Å². The van der Waals surface area contributed by atoms with Crippen molar-refractivity contribution in [3.05, 3.63) is 16.4 Å². The van der Waals surface area contributed by atoms with E-state index >= 15 is 0 Å². The predicted octanol–water partition coefficient (Wildman–Crippen LogP) is 2.81. The highest BCUT2D eigenvalue weighted by Gasteiger charge is 2.26. The molecule has 22 heavy (non-hydrogen) atoms. The van der Waals surface area contributed by atoms with Gasteiger partial charge in [-0.05, 0) is 39.7 Å². The molecule has 2 heterocycles. The van der Waals surface area contributed by atoms with Crippen LogP contribution in [0.15, 0.2) is 0 Å². The third-order valence-electron chi connectivity index (χ3n) is 3.77. The fourth-order valence-corrected chi connectivity index (χ4v) is 3.01. The topological polar surface area (TPSA) is 79.5 Å². The Bertz CT molecular complexity index is 672. The number of aryl methyl sites for hydroxylation is 1. The average molecular weight is 324 g/mol. The third kappa shape index (κ3) is 3.47. The summed E-state index contributed by atoms with van der Waals surface area (Å²) in [7, 11) is 0. The number of rotatable bonds is 7. The molecule has 0 amide bonds. The summed E-state index contributed by atoms with van der Waals surface area (Å²) < 4.78 is 1.91. The molecule has 2 rings (SSSR count). The molecule has 122 valence electrons. The van der Waals surface area contributed by atoms with Gasteiger partial charge in [0, 0.05) is 6.54 Å². The minimum absolute atomic E-state index is 0.335. The molecule has 0 aromatic carbocycles. The van der Waals surface area contributed by atoms with E-state index in [4.69, 9.17) is 5.11 Å². The molecule has 0 fully saturated rings. The first kappa shape index (κ1) is 16.9. The lowest BCUT2D eigenvalue weighted by Crippen LogP contribution is -2.29. The second-order valence-corrected chi connectivity index (χ2v) is 7.69. The molecule has 6 nitrogen and oxygen atoms in total. The molecule has 2 aromatic heterocycles. The van der Waals surface area contributed by atoms with Crippen molar-refractivity contribution in [3.63, 3.8) is 0 Å². The third-order valence-corrected chi connectivity index (χ3v) is 4.60. The Morgan fingerprint density at radius 2 is 2.14 bits per heavy atom. The van der Waals surface area contributed by atoms with Crippen molar-refractivity contribution in [3.8, 4) is 0 Å². The van der Waals surface area contributed by atoms with Gasteiger partial charge in [-0.2, -0.15) is 5.10 Å². The maximum atomic E-state index is 11.1. The number of aliphatic carboxylic acids is 1. The van der Waals surface area contributed by atoms with Crippen LogP contribution in [0.1, 0.15) is 56.4 Å². The van der Waals surface area contributed by atoms with E-state index in [1.54, 1.807) is 25.2 Å². The zero-order valence-corrected chi connectivity index (χ0v) is 14.6. The first-order chi connectivity index (χ1) is 10.2. The van der Waals surface area contributed by atoms with Gasteiger partial charge < -0.3 is 10.4 Å². The van der Waals surface area contributed by atoms with E-state index in [2.05, 4.69) is 29.2 Å². The fourth-order valence-electron chi connectivity index (χ4n) is 2.24.